The Hall–Kier alpha value is -3.41. The number of carbonyl (C=O) groups excluding carboxylic acids is 3. The van der Waals surface area contributed by atoms with Gasteiger partial charge in [-0.2, -0.15) is 0 Å². The summed E-state index contributed by atoms with van der Waals surface area (Å²) in [7, 11) is 0. The number of unbranched alkanes of at least 4 members (excludes halogenated alkanes) is 23. The predicted molar refractivity (Wildman–Crippen MR) is 279 cm³/mol. The molecule has 0 aliphatic rings. The Labute approximate surface area is 401 Å². The van der Waals surface area contributed by atoms with Crippen molar-refractivity contribution in [2.75, 3.05) is 13.2 Å². The molecule has 6 nitrogen and oxygen atoms in total. The first-order valence-electron chi connectivity index (χ1n) is 27.1. The van der Waals surface area contributed by atoms with Crippen molar-refractivity contribution in [1.29, 1.82) is 0 Å². The lowest BCUT2D eigenvalue weighted by molar-refractivity contribution is -0.167. The Kier molecular flexibility index (Phi) is 50.4. The predicted octanol–water partition coefficient (Wildman–Crippen LogP) is 18.0. The van der Waals surface area contributed by atoms with Gasteiger partial charge in [-0.3, -0.25) is 14.4 Å². The monoisotopic (exact) mass is 905 g/mol. The minimum absolute atomic E-state index is 0.0759. The standard InChI is InChI=1S/C59H100O6/c1-4-7-10-13-16-18-20-21-22-23-24-25-26-27-28-29-30-31-32-33-34-35-36-37-38-39-40-42-43-46-49-52-58(61)64-55-56(54-63-57(60)51-48-45-15-12-9-6-3)65-59(62)53-50-47-44-41-19-17-14-11-8-5-2/h7,10,16,18,21-22,24-25,27-28,30-31,33-34,56H,4-6,8-9,11-15,17,19-20,23,26,29,32,35-55H2,1-3H3/b10-7-,18-16-,22-21-,25-24-,28-27-,31-30-,34-33-. The van der Waals surface area contributed by atoms with Crippen LogP contribution in [0.1, 0.15) is 252 Å². The summed E-state index contributed by atoms with van der Waals surface area (Å²) in [4.78, 5) is 37.7. The van der Waals surface area contributed by atoms with Crippen molar-refractivity contribution in [3.05, 3.63) is 85.1 Å². The second-order valence-electron chi connectivity index (χ2n) is 17.8. The van der Waals surface area contributed by atoms with Crippen LogP contribution >= 0.6 is 0 Å². The van der Waals surface area contributed by atoms with Gasteiger partial charge >= 0.3 is 17.9 Å². The van der Waals surface area contributed by atoms with Gasteiger partial charge in [-0.15, -0.1) is 0 Å². The van der Waals surface area contributed by atoms with Crippen LogP contribution in [0.15, 0.2) is 85.1 Å². The Morgan fingerprint density at radius 1 is 0.323 bits per heavy atom. The molecule has 0 spiro atoms. The average molecular weight is 905 g/mol. The molecule has 0 amide bonds. The van der Waals surface area contributed by atoms with E-state index in [1.165, 1.54) is 103 Å². The van der Waals surface area contributed by atoms with Gasteiger partial charge in [-0.1, -0.05) is 241 Å². The number of hydrogen-bond acceptors (Lipinski definition) is 6. The molecule has 0 aromatic heterocycles. The molecule has 0 saturated carbocycles. The van der Waals surface area contributed by atoms with Crippen molar-refractivity contribution in [2.24, 2.45) is 0 Å². The minimum atomic E-state index is -0.771. The minimum Gasteiger partial charge on any atom is -0.462 e. The van der Waals surface area contributed by atoms with Crippen LogP contribution in [0.4, 0.5) is 0 Å². The van der Waals surface area contributed by atoms with Gasteiger partial charge in [0.1, 0.15) is 13.2 Å². The van der Waals surface area contributed by atoms with Gasteiger partial charge in [0.05, 0.1) is 0 Å². The van der Waals surface area contributed by atoms with Gasteiger partial charge in [-0.25, -0.2) is 0 Å². The van der Waals surface area contributed by atoms with Gasteiger partial charge in [0, 0.05) is 19.3 Å². The summed E-state index contributed by atoms with van der Waals surface area (Å²) >= 11 is 0. The van der Waals surface area contributed by atoms with Gasteiger partial charge < -0.3 is 14.2 Å². The van der Waals surface area contributed by atoms with Crippen molar-refractivity contribution >= 4 is 17.9 Å². The highest BCUT2D eigenvalue weighted by atomic mass is 16.6. The highest BCUT2D eigenvalue weighted by Crippen LogP contribution is 2.15. The van der Waals surface area contributed by atoms with E-state index >= 15 is 0 Å². The zero-order valence-electron chi connectivity index (χ0n) is 42.5. The van der Waals surface area contributed by atoms with Crippen LogP contribution in [-0.2, 0) is 28.6 Å². The fourth-order valence-electron chi connectivity index (χ4n) is 7.36. The van der Waals surface area contributed by atoms with E-state index in [2.05, 4.69) is 106 Å². The maximum absolute atomic E-state index is 12.7. The molecule has 0 radical (unpaired) electrons. The normalized spacial score (nSPS) is 12.7. The highest BCUT2D eigenvalue weighted by molar-refractivity contribution is 5.71. The van der Waals surface area contributed by atoms with Crippen LogP contribution in [0.3, 0.4) is 0 Å². The average Bonchev–Trinajstić information content (AvgIpc) is 3.30. The first-order valence-corrected chi connectivity index (χ1v) is 27.1. The lowest BCUT2D eigenvalue weighted by Crippen LogP contribution is -2.30. The molecule has 65 heavy (non-hydrogen) atoms. The van der Waals surface area contributed by atoms with Crippen LogP contribution in [0.2, 0.25) is 0 Å². The second-order valence-corrected chi connectivity index (χ2v) is 17.8. The molecule has 6 heteroatoms. The number of carbonyl (C=O) groups is 3. The van der Waals surface area contributed by atoms with Gasteiger partial charge in [0.15, 0.2) is 6.10 Å². The van der Waals surface area contributed by atoms with E-state index in [0.29, 0.717) is 19.3 Å². The van der Waals surface area contributed by atoms with E-state index in [1.54, 1.807) is 0 Å². The molecule has 0 aliphatic heterocycles. The van der Waals surface area contributed by atoms with Crippen LogP contribution < -0.4 is 0 Å². The number of allylic oxidation sites excluding steroid dienone is 14. The molecule has 1 atom stereocenters. The van der Waals surface area contributed by atoms with Crippen molar-refractivity contribution in [3.8, 4) is 0 Å². The quantitative estimate of drug-likeness (QED) is 0.0262. The first-order chi connectivity index (χ1) is 32.0. The smallest absolute Gasteiger partial charge is 0.306 e. The van der Waals surface area contributed by atoms with Crippen LogP contribution in [0, 0.1) is 0 Å². The molecular weight excluding hydrogens is 805 g/mol. The second kappa shape index (κ2) is 53.2. The van der Waals surface area contributed by atoms with E-state index < -0.39 is 6.10 Å². The topological polar surface area (TPSA) is 78.9 Å². The Balaban J connectivity index is 4.04. The zero-order chi connectivity index (χ0) is 47.2. The molecule has 1 unspecified atom stereocenters. The molecule has 0 aliphatic carbocycles. The molecule has 0 aromatic carbocycles. The third-order valence-corrected chi connectivity index (χ3v) is 11.4. The van der Waals surface area contributed by atoms with Crippen molar-refractivity contribution in [1.82, 2.24) is 0 Å². The van der Waals surface area contributed by atoms with E-state index in [1.807, 2.05) is 0 Å². The SMILES string of the molecule is CC/C=C\C/C=C\C/C=C\C/C=C\C/C=C\C/C=C\C/C=C\CCCCCCCCCCCC(=O)OCC(COC(=O)CCCCCCCC)OC(=O)CCCCCCCCCCCC. The zero-order valence-corrected chi connectivity index (χ0v) is 42.5. The summed E-state index contributed by atoms with van der Waals surface area (Å²) in [5, 5.41) is 0. The van der Waals surface area contributed by atoms with E-state index in [0.717, 1.165) is 109 Å². The summed E-state index contributed by atoms with van der Waals surface area (Å²) in [5.41, 5.74) is 0. The van der Waals surface area contributed by atoms with Crippen LogP contribution in [0.25, 0.3) is 0 Å². The van der Waals surface area contributed by atoms with Gasteiger partial charge in [0.2, 0.25) is 0 Å². The lowest BCUT2D eigenvalue weighted by atomic mass is 10.1. The van der Waals surface area contributed by atoms with E-state index in [-0.39, 0.29) is 31.1 Å². The molecule has 0 N–H and O–H groups in total. The number of esters is 3. The van der Waals surface area contributed by atoms with Gasteiger partial charge in [0.25, 0.3) is 0 Å². The summed E-state index contributed by atoms with van der Waals surface area (Å²) in [6.45, 7) is 6.44. The molecule has 0 saturated heterocycles. The van der Waals surface area contributed by atoms with Crippen molar-refractivity contribution in [2.45, 2.75) is 258 Å². The lowest BCUT2D eigenvalue weighted by Gasteiger charge is -2.18. The summed E-state index contributed by atoms with van der Waals surface area (Å²) < 4.78 is 16.7. The highest BCUT2D eigenvalue weighted by Gasteiger charge is 2.19. The van der Waals surface area contributed by atoms with E-state index in [9.17, 15) is 14.4 Å². The third kappa shape index (κ3) is 51.4. The van der Waals surface area contributed by atoms with Crippen LogP contribution in [0.5, 0.6) is 0 Å². The Bertz CT molecular complexity index is 1270. The Morgan fingerprint density at radius 2 is 0.600 bits per heavy atom. The molecule has 0 fully saturated rings. The molecule has 0 rings (SSSR count). The molecule has 372 valence electrons. The fourth-order valence-corrected chi connectivity index (χ4v) is 7.36. The van der Waals surface area contributed by atoms with Crippen molar-refractivity contribution < 1.29 is 28.6 Å². The molecular formula is C59H100O6. The van der Waals surface area contributed by atoms with E-state index in [4.69, 9.17) is 14.2 Å². The summed E-state index contributed by atoms with van der Waals surface area (Å²) in [5.74, 6) is -0.893. The Morgan fingerprint density at radius 3 is 0.938 bits per heavy atom. The maximum Gasteiger partial charge on any atom is 0.306 e. The van der Waals surface area contributed by atoms with Crippen molar-refractivity contribution in [3.63, 3.8) is 0 Å². The summed E-state index contributed by atoms with van der Waals surface area (Å²) in [6, 6.07) is 0. The molecule has 0 heterocycles. The fraction of sp³-hybridized carbons (Fsp3) is 0.712. The largest absolute Gasteiger partial charge is 0.462 e. The van der Waals surface area contributed by atoms with Gasteiger partial charge in [-0.05, 0) is 77.0 Å². The number of ether oxygens (including phenoxy) is 3. The maximum atomic E-state index is 12.7. The molecule has 0 bridgehead atoms. The molecule has 0 aromatic rings. The number of hydrogen-bond donors (Lipinski definition) is 0. The first kappa shape index (κ1) is 61.6. The van der Waals surface area contributed by atoms with Crippen LogP contribution in [-0.4, -0.2) is 37.2 Å². The third-order valence-electron chi connectivity index (χ3n) is 11.4. The summed E-state index contributed by atoms with van der Waals surface area (Å²) in [6.07, 6.45) is 69.0. The number of rotatable bonds is 48.